The number of hydrogen-bond acceptors (Lipinski definition) is 4. The highest BCUT2D eigenvalue weighted by atomic mass is 16.6. The number of amides is 1. The van der Waals surface area contributed by atoms with Gasteiger partial charge >= 0.3 is 6.09 Å². The molecular weight excluding hydrogens is 318 g/mol. The highest BCUT2D eigenvalue weighted by Gasteiger charge is 2.23. The normalized spacial score (nSPS) is 21.6. The van der Waals surface area contributed by atoms with E-state index in [1.807, 2.05) is 24.3 Å². The van der Waals surface area contributed by atoms with Crippen molar-refractivity contribution in [2.24, 2.45) is 10.7 Å². The highest BCUT2D eigenvalue weighted by molar-refractivity contribution is 5.89. The number of hydrogen-bond donors (Lipinski definition) is 2. The molecule has 136 valence electrons. The maximum atomic E-state index is 11.6. The molecule has 2 aliphatic heterocycles. The number of nitrogens with two attached hydrogens (primary N) is 1. The molecule has 1 atom stereocenters. The van der Waals surface area contributed by atoms with Gasteiger partial charge in [0, 0.05) is 18.3 Å². The molecule has 7 nitrogen and oxygen atoms in total. The van der Waals surface area contributed by atoms with E-state index in [0.29, 0.717) is 31.7 Å². The molecule has 3 rings (SSSR count). The number of anilines is 1. The molecule has 0 aliphatic carbocycles. The summed E-state index contributed by atoms with van der Waals surface area (Å²) in [6, 6.07) is 8.32. The Balaban J connectivity index is 1.48. The van der Waals surface area contributed by atoms with Gasteiger partial charge < -0.3 is 15.8 Å². The van der Waals surface area contributed by atoms with Crippen molar-refractivity contribution in [3.63, 3.8) is 0 Å². The number of nitrogens with one attached hydrogen (secondary N) is 1. The minimum atomic E-state index is -0.285. The van der Waals surface area contributed by atoms with E-state index in [0.717, 1.165) is 24.3 Å². The fourth-order valence-corrected chi connectivity index (χ4v) is 3.41. The van der Waals surface area contributed by atoms with Gasteiger partial charge in [0.2, 0.25) is 0 Å². The minimum Gasteiger partial charge on any atom is -0.447 e. The zero-order valence-corrected chi connectivity index (χ0v) is 14.8. The largest absolute Gasteiger partial charge is 0.447 e. The van der Waals surface area contributed by atoms with E-state index in [-0.39, 0.29) is 6.09 Å². The SMILES string of the molecule is CCN1CCCC1CNC(N)=NCc1ccc(N2CCOC2=O)cc1. The summed E-state index contributed by atoms with van der Waals surface area (Å²) in [5.74, 6) is 0.482. The lowest BCUT2D eigenvalue weighted by Gasteiger charge is -2.23. The molecule has 0 radical (unpaired) electrons. The Morgan fingerprint density at radius 3 is 2.84 bits per heavy atom. The summed E-state index contributed by atoms with van der Waals surface area (Å²) in [6.07, 6.45) is 2.19. The van der Waals surface area contributed by atoms with Crippen molar-refractivity contribution in [3.05, 3.63) is 29.8 Å². The van der Waals surface area contributed by atoms with E-state index >= 15 is 0 Å². The second-order valence-corrected chi connectivity index (χ2v) is 6.44. The first kappa shape index (κ1) is 17.5. The molecule has 1 aromatic rings. The van der Waals surface area contributed by atoms with Gasteiger partial charge in [-0.25, -0.2) is 9.79 Å². The van der Waals surface area contributed by atoms with Gasteiger partial charge in [-0.1, -0.05) is 19.1 Å². The number of ether oxygens (including phenoxy) is 1. The third-order valence-corrected chi connectivity index (χ3v) is 4.86. The van der Waals surface area contributed by atoms with Crippen molar-refractivity contribution < 1.29 is 9.53 Å². The zero-order chi connectivity index (χ0) is 17.6. The summed E-state index contributed by atoms with van der Waals surface area (Å²) < 4.78 is 4.95. The molecule has 2 fully saturated rings. The molecule has 0 saturated carbocycles. The molecule has 0 aromatic heterocycles. The van der Waals surface area contributed by atoms with Crippen molar-refractivity contribution in [1.29, 1.82) is 0 Å². The average Bonchev–Trinajstić information content (AvgIpc) is 3.27. The molecule has 2 aliphatic rings. The molecule has 0 bridgehead atoms. The lowest BCUT2D eigenvalue weighted by molar-refractivity contribution is 0.181. The second kappa shape index (κ2) is 8.20. The molecule has 0 spiro atoms. The van der Waals surface area contributed by atoms with Crippen LogP contribution >= 0.6 is 0 Å². The third-order valence-electron chi connectivity index (χ3n) is 4.86. The lowest BCUT2D eigenvalue weighted by atomic mass is 10.2. The van der Waals surface area contributed by atoms with Gasteiger partial charge in [0.25, 0.3) is 0 Å². The topological polar surface area (TPSA) is 83.2 Å². The number of likely N-dealkylation sites (tertiary alicyclic amines) is 1. The molecule has 25 heavy (non-hydrogen) atoms. The van der Waals surface area contributed by atoms with Gasteiger partial charge in [0.1, 0.15) is 6.61 Å². The van der Waals surface area contributed by atoms with E-state index in [2.05, 4.69) is 22.1 Å². The fraction of sp³-hybridized carbons (Fsp3) is 0.556. The van der Waals surface area contributed by atoms with E-state index < -0.39 is 0 Å². The molecule has 7 heteroatoms. The van der Waals surface area contributed by atoms with Crippen LogP contribution in [0.5, 0.6) is 0 Å². The van der Waals surface area contributed by atoms with Crippen molar-refractivity contribution >= 4 is 17.7 Å². The number of carbonyl (C=O) groups excluding carboxylic acids is 1. The molecule has 1 aromatic carbocycles. The maximum absolute atomic E-state index is 11.6. The smallest absolute Gasteiger partial charge is 0.414 e. The summed E-state index contributed by atoms with van der Waals surface area (Å²) in [6.45, 7) is 6.87. The number of carbonyl (C=O) groups is 1. The monoisotopic (exact) mass is 345 g/mol. The number of cyclic esters (lactones) is 1. The predicted molar refractivity (Wildman–Crippen MR) is 98.7 cm³/mol. The summed E-state index contributed by atoms with van der Waals surface area (Å²) in [7, 11) is 0. The number of guanidine groups is 1. The first-order valence-electron chi connectivity index (χ1n) is 8.98. The highest BCUT2D eigenvalue weighted by Crippen LogP contribution is 2.19. The van der Waals surface area contributed by atoms with Gasteiger partial charge in [-0.15, -0.1) is 0 Å². The second-order valence-electron chi connectivity index (χ2n) is 6.44. The van der Waals surface area contributed by atoms with E-state index in [1.165, 1.54) is 19.4 Å². The quantitative estimate of drug-likeness (QED) is 0.603. The molecule has 1 amide bonds. The molecule has 2 heterocycles. The maximum Gasteiger partial charge on any atom is 0.414 e. The van der Waals surface area contributed by atoms with E-state index in [1.54, 1.807) is 4.90 Å². The zero-order valence-electron chi connectivity index (χ0n) is 14.8. The first-order chi connectivity index (χ1) is 12.2. The van der Waals surface area contributed by atoms with Crippen LogP contribution in [0.15, 0.2) is 29.3 Å². The van der Waals surface area contributed by atoms with Gasteiger partial charge in [0.05, 0.1) is 13.1 Å². The van der Waals surface area contributed by atoms with Crippen LogP contribution in [0.25, 0.3) is 0 Å². The standard InChI is InChI=1S/C18H27N5O2/c1-2-22-9-3-4-16(22)13-21-17(19)20-12-14-5-7-15(8-6-14)23-10-11-25-18(23)24/h5-8,16H,2-4,9-13H2,1H3,(H3,19,20,21). The van der Waals surface area contributed by atoms with Crippen LogP contribution in [0.2, 0.25) is 0 Å². The fourth-order valence-electron chi connectivity index (χ4n) is 3.41. The summed E-state index contributed by atoms with van der Waals surface area (Å²) in [5, 5.41) is 3.24. The number of aliphatic imine (C=N–C) groups is 1. The summed E-state index contributed by atoms with van der Waals surface area (Å²) in [4.78, 5) is 20.1. The first-order valence-corrected chi connectivity index (χ1v) is 8.98. The van der Waals surface area contributed by atoms with Crippen molar-refractivity contribution in [2.45, 2.75) is 32.4 Å². The van der Waals surface area contributed by atoms with Crippen LogP contribution < -0.4 is 16.0 Å². The van der Waals surface area contributed by atoms with Gasteiger partial charge in [0.15, 0.2) is 5.96 Å². The summed E-state index contributed by atoms with van der Waals surface area (Å²) in [5.41, 5.74) is 7.89. The number of nitrogens with zero attached hydrogens (tertiary/aromatic N) is 3. The van der Waals surface area contributed by atoms with Gasteiger partial charge in [-0.2, -0.15) is 0 Å². The Bertz CT molecular complexity index is 616. The van der Waals surface area contributed by atoms with Crippen LogP contribution in [0.4, 0.5) is 10.5 Å². The van der Waals surface area contributed by atoms with Crippen LogP contribution in [-0.4, -0.2) is 55.8 Å². The number of likely N-dealkylation sites (N-methyl/N-ethyl adjacent to an activating group) is 1. The van der Waals surface area contributed by atoms with Crippen LogP contribution in [0.3, 0.4) is 0 Å². The molecular formula is C18H27N5O2. The van der Waals surface area contributed by atoms with Crippen LogP contribution in [0, 0.1) is 0 Å². The van der Waals surface area contributed by atoms with Crippen molar-refractivity contribution in [2.75, 3.05) is 37.7 Å². The third kappa shape index (κ3) is 4.42. The van der Waals surface area contributed by atoms with E-state index in [4.69, 9.17) is 10.5 Å². The minimum absolute atomic E-state index is 0.285. The van der Waals surface area contributed by atoms with Crippen molar-refractivity contribution in [3.8, 4) is 0 Å². The lowest BCUT2D eigenvalue weighted by Crippen LogP contribution is -2.42. The molecule has 1 unspecified atom stereocenters. The van der Waals surface area contributed by atoms with Gasteiger partial charge in [-0.05, 0) is 43.6 Å². The Hall–Kier alpha value is -2.28. The molecule has 3 N–H and O–H groups in total. The van der Waals surface area contributed by atoms with E-state index in [9.17, 15) is 4.79 Å². The van der Waals surface area contributed by atoms with Crippen LogP contribution in [-0.2, 0) is 11.3 Å². The number of rotatable bonds is 6. The molecule has 2 saturated heterocycles. The predicted octanol–water partition coefficient (Wildman–Crippen LogP) is 1.53. The average molecular weight is 345 g/mol. The Kier molecular flexibility index (Phi) is 5.75. The Labute approximate surface area is 148 Å². The summed E-state index contributed by atoms with van der Waals surface area (Å²) >= 11 is 0. The van der Waals surface area contributed by atoms with Crippen molar-refractivity contribution in [1.82, 2.24) is 10.2 Å². The Morgan fingerprint density at radius 1 is 1.36 bits per heavy atom. The van der Waals surface area contributed by atoms with Crippen LogP contribution in [0.1, 0.15) is 25.3 Å². The number of benzene rings is 1. The Morgan fingerprint density at radius 2 is 2.16 bits per heavy atom. The van der Waals surface area contributed by atoms with Gasteiger partial charge in [-0.3, -0.25) is 9.80 Å².